The summed E-state index contributed by atoms with van der Waals surface area (Å²) in [6.07, 6.45) is 1.23. The highest BCUT2D eigenvalue weighted by Crippen LogP contribution is 2.16. The third-order valence-corrected chi connectivity index (χ3v) is 4.85. The predicted molar refractivity (Wildman–Crippen MR) is 92.6 cm³/mol. The number of thiophene rings is 1. The molecule has 5 nitrogen and oxygen atoms in total. The summed E-state index contributed by atoms with van der Waals surface area (Å²) >= 11 is 1.65. The van der Waals surface area contributed by atoms with Crippen molar-refractivity contribution in [2.24, 2.45) is 7.05 Å². The second kappa shape index (κ2) is 8.26. The van der Waals surface area contributed by atoms with Crippen LogP contribution in [0.3, 0.4) is 0 Å². The van der Waals surface area contributed by atoms with Gasteiger partial charge in [-0.25, -0.2) is 0 Å². The lowest BCUT2D eigenvalue weighted by Gasteiger charge is -2.22. The second-order valence-electron chi connectivity index (χ2n) is 5.71. The minimum Gasteiger partial charge on any atom is -0.383 e. The van der Waals surface area contributed by atoms with Crippen LogP contribution in [0.4, 0.5) is 0 Å². The van der Waals surface area contributed by atoms with Gasteiger partial charge in [0.1, 0.15) is 0 Å². The maximum Gasteiger partial charge on any atom is 0.223 e. The van der Waals surface area contributed by atoms with Crippen molar-refractivity contribution >= 4 is 17.2 Å². The van der Waals surface area contributed by atoms with Gasteiger partial charge in [0.05, 0.1) is 12.3 Å². The van der Waals surface area contributed by atoms with E-state index in [4.69, 9.17) is 4.74 Å². The molecule has 0 N–H and O–H groups in total. The normalized spacial score (nSPS) is 11.0. The molecule has 0 bridgehead atoms. The molecule has 0 saturated carbocycles. The van der Waals surface area contributed by atoms with E-state index in [1.807, 2.05) is 35.9 Å². The minimum atomic E-state index is 0.163. The SMILES string of the molecule is COCCN(Cc1ccsc1)C(=O)CCc1c(C)nn(C)c1C. The number of nitrogens with zero attached hydrogens (tertiary/aromatic N) is 3. The zero-order chi connectivity index (χ0) is 16.8. The van der Waals surface area contributed by atoms with Crippen LogP contribution in [0, 0.1) is 13.8 Å². The first-order valence-corrected chi connectivity index (χ1v) is 8.74. The lowest BCUT2D eigenvalue weighted by molar-refractivity contribution is -0.132. The van der Waals surface area contributed by atoms with Crippen molar-refractivity contribution in [3.05, 3.63) is 39.3 Å². The standard InChI is InChI=1S/C17H25N3O2S/c1-13-16(14(2)19(3)18-13)5-6-17(21)20(8-9-22-4)11-15-7-10-23-12-15/h7,10,12H,5-6,8-9,11H2,1-4H3. The lowest BCUT2D eigenvalue weighted by atomic mass is 10.1. The number of hydrogen-bond acceptors (Lipinski definition) is 4. The fourth-order valence-corrected chi connectivity index (χ4v) is 3.33. The number of aromatic nitrogens is 2. The van der Waals surface area contributed by atoms with Crippen molar-refractivity contribution in [2.45, 2.75) is 33.2 Å². The number of carbonyl (C=O) groups excluding carboxylic acids is 1. The largest absolute Gasteiger partial charge is 0.383 e. The first-order valence-electron chi connectivity index (χ1n) is 7.79. The summed E-state index contributed by atoms with van der Waals surface area (Å²) in [5, 5.41) is 8.54. The number of amides is 1. The maximum atomic E-state index is 12.6. The van der Waals surface area contributed by atoms with Gasteiger partial charge >= 0.3 is 0 Å². The molecule has 0 aromatic carbocycles. The van der Waals surface area contributed by atoms with Crippen LogP contribution in [-0.2, 0) is 29.5 Å². The van der Waals surface area contributed by atoms with Crippen molar-refractivity contribution in [3.63, 3.8) is 0 Å². The molecule has 2 heterocycles. The van der Waals surface area contributed by atoms with Gasteiger partial charge in [0.2, 0.25) is 5.91 Å². The van der Waals surface area contributed by atoms with E-state index in [1.54, 1.807) is 18.4 Å². The molecule has 0 saturated heterocycles. The molecule has 2 aromatic rings. The van der Waals surface area contributed by atoms with Crippen LogP contribution in [0.2, 0.25) is 0 Å². The van der Waals surface area contributed by atoms with E-state index in [0.29, 0.717) is 26.1 Å². The van der Waals surface area contributed by atoms with Crippen molar-refractivity contribution < 1.29 is 9.53 Å². The van der Waals surface area contributed by atoms with Gasteiger partial charge in [-0.3, -0.25) is 9.48 Å². The van der Waals surface area contributed by atoms with Gasteiger partial charge in [0.25, 0.3) is 0 Å². The fraction of sp³-hybridized carbons (Fsp3) is 0.529. The molecule has 0 aliphatic rings. The number of methoxy groups -OCH3 is 1. The summed E-state index contributed by atoms with van der Waals surface area (Å²) in [6.45, 7) is 5.88. The second-order valence-corrected chi connectivity index (χ2v) is 6.49. The highest BCUT2D eigenvalue weighted by atomic mass is 32.1. The molecule has 2 rings (SSSR count). The molecule has 0 spiro atoms. The van der Waals surface area contributed by atoms with Crippen molar-refractivity contribution in [2.75, 3.05) is 20.3 Å². The van der Waals surface area contributed by atoms with E-state index in [9.17, 15) is 4.79 Å². The summed E-state index contributed by atoms with van der Waals surface area (Å²) in [4.78, 5) is 14.5. The molecule has 0 radical (unpaired) electrons. The number of aryl methyl sites for hydroxylation is 2. The van der Waals surface area contributed by atoms with Gasteiger partial charge in [0.15, 0.2) is 0 Å². The Hall–Kier alpha value is -1.66. The van der Waals surface area contributed by atoms with Crippen molar-refractivity contribution in [3.8, 4) is 0 Å². The van der Waals surface area contributed by atoms with Gasteiger partial charge in [0, 0.05) is 39.4 Å². The maximum absolute atomic E-state index is 12.6. The Bertz CT molecular complexity index is 635. The van der Waals surface area contributed by atoms with Gasteiger partial charge in [-0.05, 0) is 48.2 Å². The van der Waals surface area contributed by atoms with Gasteiger partial charge in [-0.1, -0.05) is 0 Å². The third-order valence-electron chi connectivity index (χ3n) is 4.12. The highest BCUT2D eigenvalue weighted by Gasteiger charge is 2.16. The lowest BCUT2D eigenvalue weighted by Crippen LogP contribution is -2.33. The summed E-state index contributed by atoms with van der Waals surface area (Å²) in [7, 11) is 3.60. The quantitative estimate of drug-likeness (QED) is 0.745. The van der Waals surface area contributed by atoms with Crippen LogP contribution >= 0.6 is 11.3 Å². The topological polar surface area (TPSA) is 47.4 Å². The zero-order valence-corrected chi connectivity index (χ0v) is 15.2. The number of carbonyl (C=O) groups is 1. The average Bonchev–Trinajstić information content (AvgIpc) is 3.11. The van der Waals surface area contributed by atoms with Gasteiger partial charge < -0.3 is 9.64 Å². The minimum absolute atomic E-state index is 0.163. The first-order chi connectivity index (χ1) is 11.0. The van der Waals surface area contributed by atoms with E-state index < -0.39 is 0 Å². The number of hydrogen-bond donors (Lipinski definition) is 0. The van der Waals surface area contributed by atoms with Crippen LogP contribution in [-0.4, -0.2) is 40.8 Å². The zero-order valence-electron chi connectivity index (χ0n) is 14.3. The Balaban J connectivity index is 1.99. The van der Waals surface area contributed by atoms with Crippen molar-refractivity contribution in [1.29, 1.82) is 0 Å². The Labute approximate surface area is 141 Å². The molecule has 0 unspecified atom stereocenters. The van der Waals surface area contributed by atoms with Crippen LogP contribution in [0.1, 0.15) is 28.9 Å². The van der Waals surface area contributed by atoms with Crippen LogP contribution in [0.5, 0.6) is 0 Å². The van der Waals surface area contributed by atoms with E-state index in [1.165, 1.54) is 11.1 Å². The van der Waals surface area contributed by atoms with E-state index in [2.05, 4.69) is 16.5 Å². The number of ether oxygens (including phenoxy) is 1. The van der Waals surface area contributed by atoms with Gasteiger partial charge in [-0.2, -0.15) is 16.4 Å². The molecule has 0 aliphatic carbocycles. The molecule has 23 heavy (non-hydrogen) atoms. The van der Waals surface area contributed by atoms with Crippen LogP contribution < -0.4 is 0 Å². The van der Waals surface area contributed by atoms with E-state index in [0.717, 1.165) is 17.8 Å². The molecule has 0 aliphatic heterocycles. The predicted octanol–water partition coefficient (Wildman–Crippen LogP) is 2.71. The van der Waals surface area contributed by atoms with E-state index in [-0.39, 0.29) is 5.91 Å². The fourth-order valence-electron chi connectivity index (χ4n) is 2.67. The summed E-state index contributed by atoms with van der Waals surface area (Å²) < 4.78 is 7.02. The van der Waals surface area contributed by atoms with Gasteiger partial charge in [-0.15, -0.1) is 0 Å². The Morgan fingerprint density at radius 3 is 2.78 bits per heavy atom. The molecule has 2 aromatic heterocycles. The molecular weight excluding hydrogens is 310 g/mol. The summed E-state index contributed by atoms with van der Waals surface area (Å²) in [5.74, 6) is 0.163. The van der Waals surface area contributed by atoms with E-state index >= 15 is 0 Å². The molecule has 1 amide bonds. The Morgan fingerprint density at radius 2 is 2.22 bits per heavy atom. The highest BCUT2D eigenvalue weighted by molar-refractivity contribution is 7.07. The molecule has 0 fully saturated rings. The molecule has 0 atom stereocenters. The summed E-state index contributed by atoms with van der Waals surface area (Å²) in [6, 6.07) is 2.06. The number of rotatable bonds is 8. The molecule has 6 heteroatoms. The van der Waals surface area contributed by atoms with Crippen LogP contribution in [0.25, 0.3) is 0 Å². The monoisotopic (exact) mass is 335 g/mol. The van der Waals surface area contributed by atoms with Crippen LogP contribution in [0.15, 0.2) is 16.8 Å². The average molecular weight is 335 g/mol. The Morgan fingerprint density at radius 1 is 1.43 bits per heavy atom. The third kappa shape index (κ3) is 4.65. The smallest absolute Gasteiger partial charge is 0.223 e. The first kappa shape index (κ1) is 17.7. The van der Waals surface area contributed by atoms with Crippen molar-refractivity contribution in [1.82, 2.24) is 14.7 Å². The molecular formula is C17H25N3O2S. The molecule has 126 valence electrons. The Kier molecular flexibility index (Phi) is 6.36. The summed E-state index contributed by atoms with van der Waals surface area (Å²) in [5.41, 5.74) is 4.51.